The average Bonchev–Trinajstić information content (AvgIpc) is 2.16. The second-order valence-electron chi connectivity index (χ2n) is 4.58. The van der Waals surface area contributed by atoms with E-state index in [1.54, 1.807) is 13.8 Å². The number of carbonyl (C=O) groups is 2. The van der Waals surface area contributed by atoms with Gasteiger partial charge in [-0.2, -0.15) is 0 Å². The van der Waals surface area contributed by atoms with Crippen LogP contribution in [0.5, 0.6) is 0 Å². The molecule has 3 atom stereocenters. The molecule has 0 aliphatic rings. The van der Waals surface area contributed by atoms with Crippen LogP contribution in [0.3, 0.4) is 0 Å². The van der Waals surface area contributed by atoms with E-state index in [4.69, 9.17) is 5.11 Å². The lowest BCUT2D eigenvalue weighted by atomic mass is 10.00. The van der Waals surface area contributed by atoms with Crippen LogP contribution in [0.2, 0.25) is 0 Å². The van der Waals surface area contributed by atoms with Crippen LogP contribution >= 0.6 is 0 Å². The number of nitrogens with one attached hydrogen (secondary N) is 1. The molecule has 0 aliphatic heterocycles. The van der Waals surface area contributed by atoms with E-state index in [1.165, 1.54) is 0 Å². The zero-order valence-electron chi connectivity index (χ0n) is 10.6. The quantitative estimate of drug-likeness (QED) is 0.702. The number of aliphatic carboxylic acids is 1. The van der Waals surface area contributed by atoms with Crippen LogP contribution < -0.4 is 5.32 Å². The summed E-state index contributed by atoms with van der Waals surface area (Å²) in [6.45, 7) is 7.45. The highest BCUT2D eigenvalue weighted by Crippen LogP contribution is 2.10. The number of carboxylic acid groups (broad SMARTS) is 1. The van der Waals surface area contributed by atoms with Gasteiger partial charge in [-0.25, -0.2) is 0 Å². The van der Waals surface area contributed by atoms with Gasteiger partial charge in [-0.3, -0.25) is 9.59 Å². The van der Waals surface area contributed by atoms with Crippen LogP contribution in [0.15, 0.2) is 0 Å². The zero-order chi connectivity index (χ0) is 12.7. The van der Waals surface area contributed by atoms with Crippen molar-refractivity contribution in [2.75, 3.05) is 0 Å². The molecule has 4 nitrogen and oxygen atoms in total. The minimum Gasteiger partial charge on any atom is -0.481 e. The molecule has 0 aromatic carbocycles. The first kappa shape index (κ1) is 14.9. The molecular weight excluding hydrogens is 206 g/mol. The van der Waals surface area contributed by atoms with Crippen molar-refractivity contribution in [3.63, 3.8) is 0 Å². The maximum absolute atomic E-state index is 11.6. The van der Waals surface area contributed by atoms with Gasteiger partial charge >= 0.3 is 5.97 Å². The number of hydrogen-bond acceptors (Lipinski definition) is 2. The SMILES string of the molecule is CCCC(C)CC(=O)NC(C)C(C)C(=O)O. The van der Waals surface area contributed by atoms with Crippen molar-refractivity contribution in [2.45, 2.75) is 53.0 Å². The Morgan fingerprint density at radius 2 is 1.81 bits per heavy atom. The van der Waals surface area contributed by atoms with Crippen molar-refractivity contribution in [1.82, 2.24) is 5.32 Å². The van der Waals surface area contributed by atoms with Crippen molar-refractivity contribution >= 4 is 11.9 Å². The molecule has 0 heterocycles. The van der Waals surface area contributed by atoms with E-state index in [9.17, 15) is 9.59 Å². The maximum atomic E-state index is 11.6. The van der Waals surface area contributed by atoms with Crippen molar-refractivity contribution in [2.24, 2.45) is 11.8 Å². The van der Waals surface area contributed by atoms with E-state index in [0.29, 0.717) is 12.3 Å². The smallest absolute Gasteiger partial charge is 0.308 e. The molecule has 0 aliphatic carbocycles. The number of amides is 1. The largest absolute Gasteiger partial charge is 0.481 e. The zero-order valence-corrected chi connectivity index (χ0v) is 10.6. The van der Waals surface area contributed by atoms with Crippen LogP contribution in [-0.4, -0.2) is 23.0 Å². The summed E-state index contributed by atoms with van der Waals surface area (Å²) in [6.07, 6.45) is 2.57. The Balaban J connectivity index is 4.00. The maximum Gasteiger partial charge on any atom is 0.308 e. The Morgan fingerprint density at radius 3 is 2.25 bits per heavy atom. The van der Waals surface area contributed by atoms with E-state index >= 15 is 0 Å². The van der Waals surface area contributed by atoms with E-state index in [-0.39, 0.29) is 11.9 Å². The minimum absolute atomic E-state index is 0.0541. The Bertz CT molecular complexity index is 240. The van der Waals surface area contributed by atoms with Gasteiger partial charge in [-0.15, -0.1) is 0 Å². The molecule has 0 aromatic heterocycles. The summed E-state index contributed by atoms with van der Waals surface area (Å²) >= 11 is 0. The predicted molar refractivity (Wildman–Crippen MR) is 63.1 cm³/mol. The molecule has 0 bridgehead atoms. The summed E-state index contributed by atoms with van der Waals surface area (Å²) in [5.41, 5.74) is 0. The Morgan fingerprint density at radius 1 is 1.25 bits per heavy atom. The van der Waals surface area contributed by atoms with E-state index in [1.807, 2.05) is 6.92 Å². The average molecular weight is 229 g/mol. The first-order valence-electron chi connectivity index (χ1n) is 5.90. The van der Waals surface area contributed by atoms with Gasteiger partial charge in [0.05, 0.1) is 5.92 Å². The van der Waals surface area contributed by atoms with E-state index < -0.39 is 11.9 Å². The fourth-order valence-corrected chi connectivity index (χ4v) is 1.56. The second-order valence-corrected chi connectivity index (χ2v) is 4.58. The van der Waals surface area contributed by atoms with E-state index in [2.05, 4.69) is 12.2 Å². The summed E-state index contributed by atoms with van der Waals surface area (Å²) in [5.74, 6) is -1.13. The molecule has 16 heavy (non-hydrogen) atoms. The van der Waals surface area contributed by atoms with Crippen molar-refractivity contribution in [3.8, 4) is 0 Å². The standard InChI is InChI=1S/C12H23NO3/c1-5-6-8(2)7-11(14)13-10(4)9(3)12(15)16/h8-10H,5-7H2,1-4H3,(H,13,14)(H,15,16). The Labute approximate surface area is 97.4 Å². The van der Waals surface area contributed by atoms with Gasteiger partial charge in [-0.05, 0) is 19.8 Å². The summed E-state index contributed by atoms with van der Waals surface area (Å²) in [6, 6.07) is -0.321. The first-order chi connectivity index (χ1) is 7.38. The van der Waals surface area contributed by atoms with Gasteiger partial charge in [0.15, 0.2) is 0 Å². The normalized spacial score (nSPS) is 16.2. The molecule has 1 amide bonds. The lowest BCUT2D eigenvalue weighted by molar-refractivity contribution is -0.142. The number of rotatable bonds is 7. The second kappa shape index (κ2) is 7.25. The molecular formula is C12H23NO3. The van der Waals surface area contributed by atoms with Crippen molar-refractivity contribution < 1.29 is 14.7 Å². The lowest BCUT2D eigenvalue weighted by Crippen LogP contribution is -2.40. The third kappa shape index (κ3) is 5.73. The van der Waals surface area contributed by atoms with Crippen LogP contribution in [-0.2, 0) is 9.59 Å². The Hall–Kier alpha value is -1.06. The molecule has 0 rings (SSSR count). The van der Waals surface area contributed by atoms with Crippen LogP contribution in [0.25, 0.3) is 0 Å². The van der Waals surface area contributed by atoms with Crippen molar-refractivity contribution in [1.29, 1.82) is 0 Å². The van der Waals surface area contributed by atoms with Crippen LogP contribution in [0, 0.1) is 11.8 Å². The summed E-state index contributed by atoms with van der Waals surface area (Å²) in [5, 5.41) is 11.5. The Kier molecular flexibility index (Phi) is 6.77. The predicted octanol–water partition coefficient (Wildman–Crippen LogP) is 2.04. The van der Waals surface area contributed by atoms with Gasteiger partial charge in [0.2, 0.25) is 5.91 Å². The highest BCUT2D eigenvalue weighted by Gasteiger charge is 2.21. The molecule has 0 saturated heterocycles. The summed E-state index contributed by atoms with van der Waals surface area (Å²) < 4.78 is 0. The molecule has 0 saturated carbocycles. The van der Waals surface area contributed by atoms with Gasteiger partial charge in [0, 0.05) is 12.5 Å². The van der Waals surface area contributed by atoms with E-state index in [0.717, 1.165) is 12.8 Å². The fourth-order valence-electron chi connectivity index (χ4n) is 1.56. The number of carboxylic acids is 1. The third-order valence-corrected chi connectivity index (χ3v) is 2.84. The highest BCUT2D eigenvalue weighted by molar-refractivity contribution is 5.78. The topological polar surface area (TPSA) is 66.4 Å². The molecule has 3 unspecified atom stereocenters. The molecule has 0 spiro atoms. The third-order valence-electron chi connectivity index (χ3n) is 2.84. The lowest BCUT2D eigenvalue weighted by Gasteiger charge is -2.19. The van der Waals surface area contributed by atoms with Gasteiger partial charge in [0.25, 0.3) is 0 Å². The molecule has 0 fully saturated rings. The van der Waals surface area contributed by atoms with Gasteiger partial charge in [-0.1, -0.05) is 26.7 Å². The highest BCUT2D eigenvalue weighted by atomic mass is 16.4. The molecule has 0 radical (unpaired) electrons. The summed E-state index contributed by atoms with van der Waals surface area (Å²) in [7, 11) is 0. The molecule has 0 aromatic rings. The van der Waals surface area contributed by atoms with Gasteiger partial charge in [0.1, 0.15) is 0 Å². The number of hydrogen-bond donors (Lipinski definition) is 2. The molecule has 2 N–H and O–H groups in total. The molecule has 4 heteroatoms. The monoisotopic (exact) mass is 229 g/mol. The first-order valence-corrected chi connectivity index (χ1v) is 5.90. The number of carbonyl (C=O) groups excluding carboxylic acids is 1. The van der Waals surface area contributed by atoms with Crippen molar-refractivity contribution in [3.05, 3.63) is 0 Å². The fraction of sp³-hybridized carbons (Fsp3) is 0.833. The van der Waals surface area contributed by atoms with Crippen LogP contribution in [0.4, 0.5) is 0 Å². The summed E-state index contributed by atoms with van der Waals surface area (Å²) in [4.78, 5) is 22.3. The van der Waals surface area contributed by atoms with Gasteiger partial charge < -0.3 is 10.4 Å². The minimum atomic E-state index is -0.880. The van der Waals surface area contributed by atoms with Crippen LogP contribution in [0.1, 0.15) is 47.0 Å². The molecule has 94 valence electrons.